The molecule has 0 saturated heterocycles. The zero-order valence-corrected chi connectivity index (χ0v) is 13.3. The first-order valence-corrected chi connectivity index (χ1v) is 7.85. The summed E-state index contributed by atoms with van der Waals surface area (Å²) < 4.78 is 5.36. The molecule has 0 aliphatic rings. The molecule has 0 aliphatic carbocycles. The van der Waals surface area contributed by atoms with Gasteiger partial charge >= 0.3 is 0 Å². The normalized spacial score (nSPS) is 10.6. The minimum atomic E-state index is 0.543. The molecule has 0 aliphatic heterocycles. The number of hydrogen-bond acceptors (Lipinski definition) is 6. The van der Waals surface area contributed by atoms with Crippen molar-refractivity contribution in [2.45, 2.75) is 6.54 Å². The van der Waals surface area contributed by atoms with E-state index in [-0.39, 0.29) is 0 Å². The minimum Gasteiger partial charge on any atom is -0.467 e. The van der Waals surface area contributed by atoms with Crippen molar-refractivity contribution in [3.05, 3.63) is 79.1 Å². The highest BCUT2D eigenvalue weighted by atomic mass is 16.3. The summed E-state index contributed by atoms with van der Waals surface area (Å²) in [6, 6.07) is 15.2. The fourth-order valence-corrected chi connectivity index (χ4v) is 2.41. The number of anilines is 1. The van der Waals surface area contributed by atoms with Crippen LogP contribution < -0.4 is 5.32 Å². The fraction of sp³-hybridized carbons (Fsp3) is 0.0526. The van der Waals surface area contributed by atoms with Crippen molar-refractivity contribution in [3.63, 3.8) is 0 Å². The third-order valence-corrected chi connectivity index (χ3v) is 3.62. The Kier molecular flexibility index (Phi) is 4.16. The van der Waals surface area contributed by atoms with E-state index in [4.69, 9.17) is 4.42 Å². The van der Waals surface area contributed by atoms with Gasteiger partial charge in [-0.05, 0) is 36.4 Å². The van der Waals surface area contributed by atoms with Crippen molar-refractivity contribution in [1.29, 1.82) is 0 Å². The molecule has 122 valence electrons. The van der Waals surface area contributed by atoms with Crippen LogP contribution in [0.25, 0.3) is 22.8 Å². The summed E-state index contributed by atoms with van der Waals surface area (Å²) in [6.45, 7) is 0.543. The van der Waals surface area contributed by atoms with Gasteiger partial charge < -0.3 is 9.73 Å². The number of aromatic nitrogens is 4. The third kappa shape index (κ3) is 3.53. The second-order valence-corrected chi connectivity index (χ2v) is 5.35. The molecular formula is C19H15N5O. The van der Waals surface area contributed by atoms with Crippen molar-refractivity contribution in [3.8, 4) is 22.8 Å². The van der Waals surface area contributed by atoms with Gasteiger partial charge in [0.25, 0.3) is 0 Å². The van der Waals surface area contributed by atoms with Gasteiger partial charge in [0.05, 0.1) is 18.5 Å². The molecule has 4 aromatic heterocycles. The predicted octanol–water partition coefficient (Wildman–Crippen LogP) is 3.81. The molecular weight excluding hydrogens is 314 g/mol. The van der Waals surface area contributed by atoms with Gasteiger partial charge in [-0.15, -0.1) is 0 Å². The van der Waals surface area contributed by atoms with E-state index in [0.717, 1.165) is 22.7 Å². The van der Waals surface area contributed by atoms with Crippen molar-refractivity contribution in [2.24, 2.45) is 0 Å². The van der Waals surface area contributed by atoms with Crippen LogP contribution in [0.2, 0.25) is 0 Å². The highest BCUT2D eigenvalue weighted by Gasteiger charge is 2.10. The maximum absolute atomic E-state index is 5.36. The van der Waals surface area contributed by atoms with E-state index < -0.39 is 0 Å². The van der Waals surface area contributed by atoms with Gasteiger partial charge in [0, 0.05) is 30.2 Å². The van der Waals surface area contributed by atoms with Crippen LogP contribution in [0.15, 0.2) is 77.8 Å². The molecule has 0 fully saturated rings. The summed E-state index contributed by atoms with van der Waals surface area (Å²) in [5, 5.41) is 3.28. The van der Waals surface area contributed by atoms with E-state index >= 15 is 0 Å². The Morgan fingerprint density at radius 1 is 0.880 bits per heavy atom. The molecule has 0 atom stereocenters. The number of nitrogens with one attached hydrogen (secondary N) is 1. The Morgan fingerprint density at radius 3 is 2.56 bits per heavy atom. The van der Waals surface area contributed by atoms with E-state index in [1.54, 1.807) is 24.9 Å². The van der Waals surface area contributed by atoms with Gasteiger partial charge in [0.2, 0.25) is 0 Å². The molecule has 6 nitrogen and oxygen atoms in total. The number of hydrogen-bond donors (Lipinski definition) is 1. The van der Waals surface area contributed by atoms with Crippen LogP contribution in [0.4, 0.5) is 5.82 Å². The Hall–Kier alpha value is -3.54. The van der Waals surface area contributed by atoms with Gasteiger partial charge in [0.15, 0.2) is 5.82 Å². The molecule has 0 aromatic carbocycles. The highest BCUT2D eigenvalue weighted by molar-refractivity contribution is 5.65. The topological polar surface area (TPSA) is 76.7 Å². The van der Waals surface area contributed by atoms with Crippen LogP contribution in [0.3, 0.4) is 0 Å². The Bertz CT molecular complexity index is 882. The number of furan rings is 1. The summed E-state index contributed by atoms with van der Waals surface area (Å²) in [7, 11) is 0. The third-order valence-electron chi connectivity index (χ3n) is 3.62. The van der Waals surface area contributed by atoms with Crippen molar-refractivity contribution < 1.29 is 4.42 Å². The van der Waals surface area contributed by atoms with Crippen molar-refractivity contribution >= 4 is 5.82 Å². The van der Waals surface area contributed by atoms with Crippen molar-refractivity contribution in [1.82, 2.24) is 19.9 Å². The average Bonchev–Trinajstić information content (AvgIpc) is 3.21. The molecule has 0 bridgehead atoms. The first-order valence-electron chi connectivity index (χ1n) is 7.85. The lowest BCUT2D eigenvalue weighted by molar-refractivity contribution is 0.518. The molecule has 4 heterocycles. The maximum Gasteiger partial charge on any atom is 0.180 e. The molecule has 1 N–H and O–H groups in total. The second-order valence-electron chi connectivity index (χ2n) is 5.35. The van der Waals surface area contributed by atoms with Gasteiger partial charge in [-0.25, -0.2) is 9.97 Å². The molecule has 0 saturated carbocycles. The van der Waals surface area contributed by atoms with E-state index in [1.165, 1.54) is 0 Å². The summed E-state index contributed by atoms with van der Waals surface area (Å²) in [6.07, 6.45) is 6.87. The van der Waals surface area contributed by atoms with Crippen LogP contribution in [0.1, 0.15) is 5.76 Å². The molecule has 6 heteroatoms. The summed E-state index contributed by atoms with van der Waals surface area (Å²) in [5.74, 6) is 2.11. The highest BCUT2D eigenvalue weighted by Crippen LogP contribution is 2.23. The standard InChI is InChI=1S/C19H15N5O/c1-2-8-21-16(5-1)19-23-17(14-6-9-20-10-7-14)12-18(24-19)22-13-15-4-3-11-25-15/h1-12H,13H2,(H,22,23,24). The second kappa shape index (κ2) is 6.92. The quantitative estimate of drug-likeness (QED) is 0.600. The van der Waals surface area contributed by atoms with Crippen LogP contribution in [0, 0.1) is 0 Å². The molecule has 0 radical (unpaired) electrons. The lowest BCUT2D eigenvalue weighted by Gasteiger charge is -2.09. The monoisotopic (exact) mass is 329 g/mol. The Morgan fingerprint density at radius 2 is 1.80 bits per heavy atom. The molecule has 25 heavy (non-hydrogen) atoms. The van der Waals surface area contributed by atoms with E-state index in [9.17, 15) is 0 Å². The van der Waals surface area contributed by atoms with E-state index in [0.29, 0.717) is 18.2 Å². The first-order chi connectivity index (χ1) is 12.4. The first kappa shape index (κ1) is 15.0. The van der Waals surface area contributed by atoms with Gasteiger partial charge in [-0.1, -0.05) is 6.07 Å². The number of rotatable bonds is 5. The molecule has 0 unspecified atom stereocenters. The largest absolute Gasteiger partial charge is 0.467 e. The summed E-state index contributed by atoms with van der Waals surface area (Å²) >= 11 is 0. The fourth-order valence-electron chi connectivity index (χ4n) is 2.41. The average molecular weight is 329 g/mol. The zero-order valence-electron chi connectivity index (χ0n) is 13.3. The van der Waals surface area contributed by atoms with Crippen molar-refractivity contribution in [2.75, 3.05) is 5.32 Å². The van der Waals surface area contributed by atoms with E-state index in [1.807, 2.05) is 48.5 Å². The van der Waals surface area contributed by atoms with Gasteiger partial charge in [-0.3, -0.25) is 9.97 Å². The van der Waals surface area contributed by atoms with Crippen LogP contribution in [-0.2, 0) is 6.54 Å². The Balaban J connectivity index is 1.72. The lowest BCUT2D eigenvalue weighted by Crippen LogP contribution is -2.04. The number of pyridine rings is 2. The van der Waals surface area contributed by atoms with Crippen LogP contribution in [-0.4, -0.2) is 19.9 Å². The lowest BCUT2D eigenvalue weighted by atomic mass is 10.2. The molecule has 0 amide bonds. The van der Waals surface area contributed by atoms with Gasteiger partial charge in [-0.2, -0.15) is 0 Å². The molecule has 4 aromatic rings. The van der Waals surface area contributed by atoms with Crippen LogP contribution >= 0.6 is 0 Å². The number of nitrogens with zero attached hydrogens (tertiary/aromatic N) is 4. The zero-order chi connectivity index (χ0) is 16.9. The predicted molar refractivity (Wildman–Crippen MR) is 94.5 cm³/mol. The smallest absolute Gasteiger partial charge is 0.180 e. The van der Waals surface area contributed by atoms with Gasteiger partial charge in [0.1, 0.15) is 17.3 Å². The molecule has 4 rings (SSSR count). The maximum atomic E-state index is 5.36. The minimum absolute atomic E-state index is 0.543. The summed E-state index contributed by atoms with van der Waals surface area (Å²) in [4.78, 5) is 17.7. The van der Waals surface area contributed by atoms with E-state index in [2.05, 4.69) is 25.3 Å². The molecule has 0 spiro atoms. The Labute approximate surface area is 144 Å². The van der Waals surface area contributed by atoms with Crippen LogP contribution in [0.5, 0.6) is 0 Å². The SMILES string of the molecule is c1ccc(-c2nc(NCc3ccco3)cc(-c3ccncc3)n2)nc1. The summed E-state index contributed by atoms with van der Waals surface area (Å²) in [5.41, 5.74) is 2.50.